The Morgan fingerprint density at radius 2 is 2.16 bits per heavy atom. The maximum Gasteiger partial charge on any atom is 0.241 e. The molecule has 1 aliphatic heterocycles. The fourth-order valence-electron chi connectivity index (χ4n) is 2.00. The average molecular weight is 300 g/mol. The van der Waals surface area contributed by atoms with Crippen LogP contribution in [-0.2, 0) is 4.79 Å². The molecule has 0 aromatic heterocycles. The molecule has 3 N–H and O–H groups in total. The van der Waals surface area contributed by atoms with Crippen molar-refractivity contribution in [2.75, 3.05) is 35.6 Å². The molecule has 0 spiro atoms. The fraction of sp³-hybridized carbons (Fsp3) is 0.462. The van der Waals surface area contributed by atoms with Crippen LogP contribution in [0.3, 0.4) is 0 Å². The van der Waals surface area contributed by atoms with Crippen LogP contribution in [0.2, 0.25) is 5.02 Å². The number of hydrogen-bond donors (Lipinski definition) is 2. The fourth-order valence-corrected chi connectivity index (χ4v) is 3.11. The first-order chi connectivity index (χ1) is 9.08. The number of nitrogens with one attached hydrogen (secondary N) is 1. The van der Waals surface area contributed by atoms with Crippen molar-refractivity contribution >= 4 is 40.6 Å². The predicted octanol–water partition coefficient (Wildman–Crippen LogP) is 2.30. The molecule has 0 aliphatic carbocycles. The maximum absolute atomic E-state index is 12.2. The Hall–Kier alpha value is -0.910. The number of anilines is 2. The number of amides is 1. The molecule has 1 saturated heterocycles. The van der Waals surface area contributed by atoms with Gasteiger partial charge in [-0.1, -0.05) is 11.6 Å². The Bertz CT molecular complexity index is 463. The van der Waals surface area contributed by atoms with Crippen LogP contribution in [0.1, 0.15) is 6.92 Å². The van der Waals surface area contributed by atoms with E-state index in [0.29, 0.717) is 16.4 Å². The average Bonchev–Trinajstić information content (AvgIpc) is 2.43. The van der Waals surface area contributed by atoms with Crippen LogP contribution in [0.4, 0.5) is 11.4 Å². The molecule has 6 heteroatoms. The molecular formula is C13H18ClN3OS. The van der Waals surface area contributed by atoms with Crippen LogP contribution in [0, 0.1) is 0 Å². The molecule has 104 valence electrons. The molecule has 0 saturated carbocycles. The van der Waals surface area contributed by atoms with Gasteiger partial charge in [-0.2, -0.15) is 11.8 Å². The van der Waals surface area contributed by atoms with Crippen LogP contribution in [0.5, 0.6) is 0 Å². The standard InChI is InChI=1S/C13H18ClN3OS/c1-9(17-4-6-19-7-5-17)13(18)16-12-8-10(14)2-3-11(12)15/h2-3,8-9H,4-7,15H2,1H3,(H,16,18). The van der Waals surface area contributed by atoms with E-state index in [0.717, 1.165) is 24.6 Å². The van der Waals surface area contributed by atoms with Crippen molar-refractivity contribution in [3.63, 3.8) is 0 Å². The van der Waals surface area contributed by atoms with Gasteiger partial charge in [0.2, 0.25) is 5.91 Å². The van der Waals surface area contributed by atoms with E-state index >= 15 is 0 Å². The highest BCUT2D eigenvalue weighted by atomic mass is 35.5. The Morgan fingerprint density at radius 1 is 1.47 bits per heavy atom. The van der Waals surface area contributed by atoms with Crippen LogP contribution in [0.25, 0.3) is 0 Å². The topological polar surface area (TPSA) is 58.4 Å². The number of benzene rings is 1. The number of nitrogens with zero attached hydrogens (tertiary/aromatic N) is 1. The van der Waals surface area contributed by atoms with Crippen molar-refractivity contribution in [1.29, 1.82) is 0 Å². The zero-order chi connectivity index (χ0) is 13.8. The third kappa shape index (κ3) is 3.78. The van der Waals surface area contributed by atoms with Gasteiger partial charge < -0.3 is 11.1 Å². The van der Waals surface area contributed by atoms with Gasteiger partial charge >= 0.3 is 0 Å². The molecule has 0 radical (unpaired) electrons. The summed E-state index contributed by atoms with van der Waals surface area (Å²) in [5.41, 5.74) is 6.93. The largest absolute Gasteiger partial charge is 0.397 e. The third-order valence-corrected chi connectivity index (χ3v) is 4.42. The summed E-state index contributed by atoms with van der Waals surface area (Å²) in [5.74, 6) is 2.12. The first-order valence-corrected chi connectivity index (χ1v) is 7.79. The lowest BCUT2D eigenvalue weighted by atomic mass is 10.2. The second kappa shape index (κ2) is 6.50. The van der Waals surface area contributed by atoms with Crippen LogP contribution in [0.15, 0.2) is 18.2 Å². The summed E-state index contributed by atoms with van der Waals surface area (Å²) >= 11 is 7.83. The zero-order valence-electron chi connectivity index (χ0n) is 10.9. The van der Waals surface area contributed by atoms with Gasteiger partial charge in [-0.05, 0) is 25.1 Å². The highest BCUT2D eigenvalue weighted by molar-refractivity contribution is 7.99. The van der Waals surface area contributed by atoms with E-state index in [1.54, 1.807) is 18.2 Å². The summed E-state index contributed by atoms with van der Waals surface area (Å²) in [7, 11) is 0. The minimum absolute atomic E-state index is 0.0409. The number of nitrogens with two attached hydrogens (primary N) is 1. The number of thioether (sulfide) groups is 1. The Kier molecular flexibility index (Phi) is 4.96. The van der Waals surface area contributed by atoms with Crippen molar-refractivity contribution in [1.82, 2.24) is 4.90 Å². The molecule has 1 atom stereocenters. The van der Waals surface area contributed by atoms with Crippen LogP contribution in [-0.4, -0.2) is 41.4 Å². The summed E-state index contributed by atoms with van der Waals surface area (Å²) in [4.78, 5) is 14.4. The lowest BCUT2D eigenvalue weighted by molar-refractivity contribution is -0.120. The molecule has 1 fully saturated rings. The van der Waals surface area contributed by atoms with Crippen molar-refractivity contribution < 1.29 is 4.79 Å². The Labute approximate surface area is 122 Å². The van der Waals surface area contributed by atoms with E-state index in [9.17, 15) is 4.79 Å². The van der Waals surface area contributed by atoms with Crippen molar-refractivity contribution in [3.05, 3.63) is 23.2 Å². The van der Waals surface area contributed by atoms with Crippen molar-refractivity contribution in [3.8, 4) is 0 Å². The van der Waals surface area contributed by atoms with Gasteiger partial charge in [-0.3, -0.25) is 9.69 Å². The minimum atomic E-state index is -0.153. The molecule has 1 aromatic rings. The van der Waals surface area contributed by atoms with Crippen molar-refractivity contribution in [2.45, 2.75) is 13.0 Å². The number of hydrogen-bond acceptors (Lipinski definition) is 4. The smallest absolute Gasteiger partial charge is 0.241 e. The second-order valence-electron chi connectivity index (χ2n) is 4.55. The van der Waals surface area contributed by atoms with Gasteiger partial charge in [0, 0.05) is 29.6 Å². The minimum Gasteiger partial charge on any atom is -0.397 e. The number of rotatable bonds is 3. The predicted molar refractivity (Wildman–Crippen MR) is 82.9 cm³/mol. The third-order valence-electron chi connectivity index (χ3n) is 3.25. The molecule has 1 heterocycles. The van der Waals surface area contributed by atoms with Crippen LogP contribution >= 0.6 is 23.4 Å². The van der Waals surface area contributed by atoms with Crippen LogP contribution < -0.4 is 11.1 Å². The second-order valence-corrected chi connectivity index (χ2v) is 6.21. The van der Waals surface area contributed by atoms with E-state index < -0.39 is 0 Å². The Morgan fingerprint density at radius 3 is 2.84 bits per heavy atom. The van der Waals surface area contributed by atoms with E-state index in [-0.39, 0.29) is 11.9 Å². The van der Waals surface area contributed by atoms with Gasteiger partial charge in [0.05, 0.1) is 17.4 Å². The summed E-state index contributed by atoms with van der Waals surface area (Å²) in [6.07, 6.45) is 0. The molecule has 2 rings (SSSR count). The molecule has 1 amide bonds. The SMILES string of the molecule is CC(C(=O)Nc1cc(Cl)ccc1N)N1CCSCC1. The molecule has 1 aliphatic rings. The number of halogens is 1. The number of carbonyl (C=O) groups excluding carboxylic acids is 1. The maximum atomic E-state index is 12.2. The van der Waals surface area contributed by atoms with Gasteiger partial charge in [0.1, 0.15) is 0 Å². The van der Waals surface area contributed by atoms with Gasteiger partial charge in [0.15, 0.2) is 0 Å². The quantitative estimate of drug-likeness (QED) is 0.841. The van der Waals surface area contributed by atoms with E-state index in [2.05, 4.69) is 10.2 Å². The molecule has 1 unspecified atom stereocenters. The number of carbonyl (C=O) groups is 1. The zero-order valence-corrected chi connectivity index (χ0v) is 12.4. The summed E-state index contributed by atoms with van der Waals surface area (Å²) < 4.78 is 0. The summed E-state index contributed by atoms with van der Waals surface area (Å²) in [6.45, 7) is 3.82. The first-order valence-electron chi connectivity index (χ1n) is 6.25. The van der Waals surface area contributed by atoms with Gasteiger partial charge in [-0.25, -0.2) is 0 Å². The molecule has 0 bridgehead atoms. The summed E-state index contributed by atoms with van der Waals surface area (Å²) in [6, 6.07) is 4.92. The number of nitrogen functional groups attached to an aromatic ring is 1. The molecule has 4 nitrogen and oxygen atoms in total. The Balaban J connectivity index is 2.01. The molecule has 19 heavy (non-hydrogen) atoms. The first kappa shape index (κ1) is 14.5. The lowest BCUT2D eigenvalue weighted by Gasteiger charge is -2.31. The highest BCUT2D eigenvalue weighted by Crippen LogP contribution is 2.23. The monoisotopic (exact) mass is 299 g/mol. The lowest BCUT2D eigenvalue weighted by Crippen LogP contribution is -2.46. The summed E-state index contributed by atoms with van der Waals surface area (Å²) in [5, 5.41) is 3.41. The van der Waals surface area contributed by atoms with E-state index in [1.165, 1.54) is 0 Å². The highest BCUT2D eigenvalue weighted by Gasteiger charge is 2.23. The van der Waals surface area contributed by atoms with Gasteiger partial charge in [0.25, 0.3) is 0 Å². The van der Waals surface area contributed by atoms with Crippen molar-refractivity contribution in [2.24, 2.45) is 0 Å². The van der Waals surface area contributed by atoms with E-state index in [4.69, 9.17) is 17.3 Å². The van der Waals surface area contributed by atoms with E-state index in [1.807, 2.05) is 18.7 Å². The molecular weight excluding hydrogens is 282 g/mol. The van der Waals surface area contributed by atoms with Gasteiger partial charge in [-0.15, -0.1) is 0 Å². The normalized spacial score (nSPS) is 18.0. The molecule has 1 aromatic carbocycles.